The molecule has 0 aliphatic carbocycles. The molecule has 13 heavy (non-hydrogen) atoms. The van der Waals surface area contributed by atoms with Gasteiger partial charge in [0.25, 0.3) is 0 Å². The number of esters is 1. The van der Waals surface area contributed by atoms with Gasteiger partial charge in [-0.25, -0.2) is 5.84 Å². The van der Waals surface area contributed by atoms with Crippen LogP contribution in [0.25, 0.3) is 0 Å². The van der Waals surface area contributed by atoms with Gasteiger partial charge in [0.05, 0.1) is 0 Å². The maximum atomic E-state index is 10.5. The molecule has 72 valence electrons. The lowest BCUT2D eigenvalue weighted by atomic mass is 10.4. The van der Waals surface area contributed by atoms with Gasteiger partial charge >= 0.3 is 5.97 Å². The number of hydrogen-bond acceptors (Lipinski definition) is 5. The molecule has 6 heteroatoms. The third-order valence-corrected chi connectivity index (χ3v) is 1.12. The van der Waals surface area contributed by atoms with E-state index in [1.54, 1.807) is 18.2 Å². The molecule has 0 aliphatic rings. The molecule has 0 fully saturated rings. The fourth-order valence-corrected chi connectivity index (χ4v) is 0.699. The lowest BCUT2D eigenvalue weighted by Crippen LogP contribution is -2.10. The Balaban J connectivity index is 0.00000144. The van der Waals surface area contributed by atoms with Crippen LogP contribution in [0.5, 0.6) is 5.88 Å². The second-order valence-corrected chi connectivity index (χ2v) is 2.10. The maximum Gasteiger partial charge on any atom is 0.309 e. The van der Waals surface area contributed by atoms with E-state index in [4.69, 9.17) is 10.6 Å². The summed E-state index contributed by atoms with van der Waals surface area (Å²) >= 11 is 0. The number of rotatable bonds is 2. The van der Waals surface area contributed by atoms with E-state index in [1.165, 1.54) is 6.92 Å². The normalized spacial score (nSPS) is 8.46. The zero-order chi connectivity index (χ0) is 8.97. The molecule has 0 bridgehead atoms. The Morgan fingerprint density at radius 2 is 2.31 bits per heavy atom. The van der Waals surface area contributed by atoms with Crippen LogP contribution in [0, 0.1) is 0 Å². The number of pyridine rings is 1. The summed E-state index contributed by atoms with van der Waals surface area (Å²) < 4.78 is 4.71. The van der Waals surface area contributed by atoms with E-state index in [2.05, 4.69) is 10.4 Å². The third-order valence-electron chi connectivity index (χ3n) is 1.12. The van der Waals surface area contributed by atoms with Crippen LogP contribution >= 0.6 is 12.4 Å². The van der Waals surface area contributed by atoms with Crippen LogP contribution in [0.3, 0.4) is 0 Å². The number of carbonyl (C=O) groups is 1. The molecule has 0 saturated carbocycles. The van der Waals surface area contributed by atoms with Crippen molar-refractivity contribution in [3.05, 3.63) is 18.2 Å². The molecule has 0 spiro atoms. The molecule has 1 aromatic heterocycles. The number of nitrogens with two attached hydrogens (primary N) is 1. The highest BCUT2D eigenvalue weighted by Crippen LogP contribution is 2.09. The van der Waals surface area contributed by atoms with Crippen molar-refractivity contribution in [1.29, 1.82) is 0 Å². The van der Waals surface area contributed by atoms with Gasteiger partial charge in [0.1, 0.15) is 5.82 Å². The smallest absolute Gasteiger partial charge is 0.309 e. The van der Waals surface area contributed by atoms with Crippen LogP contribution in [0.2, 0.25) is 0 Å². The monoisotopic (exact) mass is 203 g/mol. The van der Waals surface area contributed by atoms with E-state index in [0.717, 1.165) is 0 Å². The predicted molar refractivity (Wildman–Crippen MR) is 50.6 cm³/mol. The minimum atomic E-state index is -0.406. The maximum absolute atomic E-state index is 10.5. The van der Waals surface area contributed by atoms with Gasteiger partial charge in [-0.2, -0.15) is 4.98 Å². The minimum absolute atomic E-state index is 0. The topological polar surface area (TPSA) is 77.2 Å². The van der Waals surface area contributed by atoms with Crippen molar-refractivity contribution in [3.8, 4) is 5.88 Å². The number of aromatic nitrogens is 1. The second-order valence-electron chi connectivity index (χ2n) is 2.10. The Bertz CT molecular complexity index is 293. The minimum Gasteiger partial charge on any atom is -0.408 e. The number of anilines is 1. The van der Waals surface area contributed by atoms with Gasteiger partial charge in [0, 0.05) is 13.0 Å². The number of nitrogens with one attached hydrogen (secondary N) is 1. The van der Waals surface area contributed by atoms with Crippen LogP contribution in [0.1, 0.15) is 6.92 Å². The average Bonchev–Trinajstić information content (AvgIpc) is 2.03. The standard InChI is InChI=1S/C7H9N3O2.ClH/c1-5(11)12-7-4-2-3-6(9-7)10-8;/h2-4H,8H2,1H3,(H,9,10);1H. The van der Waals surface area contributed by atoms with E-state index in [1.807, 2.05) is 0 Å². The van der Waals surface area contributed by atoms with Crippen LogP contribution in [-0.2, 0) is 4.79 Å². The Morgan fingerprint density at radius 1 is 1.62 bits per heavy atom. The van der Waals surface area contributed by atoms with Crippen LogP contribution < -0.4 is 16.0 Å². The molecule has 0 aromatic carbocycles. The molecule has 0 unspecified atom stereocenters. The number of halogens is 1. The van der Waals surface area contributed by atoms with E-state index < -0.39 is 5.97 Å². The average molecular weight is 204 g/mol. The predicted octanol–water partition coefficient (Wildman–Crippen LogP) is 0.714. The lowest BCUT2D eigenvalue weighted by Gasteiger charge is -2.01. The van der Waals surface area contributed by atoms with Gasteiger partial charge < -0.3 is 10.2 Å². The molecule has 1 heterocycles. The van der Waals surface area contributed by atoms with E-state index in [-0.39, 0.29) is 18.3 Å². The summed E-state index contributed by atoms with van der Waals surface area (Å²) in [5, 5.41) is 0. The quantitative estimate of drug-likeness (QED) is 0.421. The molecule has 1 aromatic rings. The molecule has 0 aliphatic heterocycles. The number of hydrogen-bond donors (Lipinski definition) is 2. The van der Waals surface area contributed by atoms with Crippen LogP contribution in [0.4, 0.5) is 5.82 Å². The highest BCUT2D eigenvalue weighted by Gasteiger charge is 1.99. The summed E-state index contributed by atoms with van der Waals surface area (Å²) in [5.41, 5.74) is 2.34. The van der Waals surface area contributed by atoms with Gasteiger partial charge in [-0.3, -0.25) is 4.79 Å². The van der Waals surface area contributed by atoms with E-state index in [0.29, 0.717) is 5.82 Å². The number of ether oxygens (including phenoxy) is 1. The lowest BCUT2D eigenvalue weighted by molar-refractivity contribution is -0.132. The van der Waals surface area contributed by atoms with Crippen molar-refractivity contribution in [2.75, 3.05) is 5.43 Å². The first-order valence-electron chi connectivity index (χ1n) is 3.34. The largest absolute Gasteiger partial charge is 0.408 e. The molecular formula is C7H10ClN3O2. The Morgan fingerprint density at radius 3 is 2.85 bits per heavy atom. The molecule has 0 saturated heterocycles. The molecule has 3 N–H and O–H groups in total. The molecule has 0 atom stereocenters. The first kappa shape index (κ1) is 11.7. The highest BCUT2D eigenvalue weighted by molar-refractivity contribution is 5.85. The zero-order valence-electron chi connectivity index (χ0n) is 6.98. The van der Waals surface area contributed by atoms with Gasteiger partial charge in [-0.05, 0) is 6.07 Å². The summed E-state index contributed by atoms with van der Waals surface area (Å²) in [6, 6.07) is 4.91. The molecule has 0 radical (unpaired) electrons. The van der Waals surface area contributed by atoms with Crippen molar-refractivity contribution >= 4 is 24.2 Å². The van der Waals surface area contributed by atoms with Crippen molar-refractivity contribution in [3.63, 3.8) is 0 Å². The van der Waals surface area contributed by atoms with Crippen LogP contribution in [0.15, 0.2) is 18.2 Å². The van der Waals surface area contributed by atoms with Crippen molar-refractivity contribution in [1.82, 2.24) is 4.98 Å². The van der Waals surface area contributed by atoms with E-state index in [9.17, 15) is 4.79 Å². The first-order chi connectivity index (χ1) is 5.72. The van der Waals surface area contributed by atoms with Crippen molar-refractivity contribution in [2.45, 2.75) is 6.92 Å². The summed E-state index contributed by atoms with van der Waals surface area (Å²) in [5.74, 6) is 5.38. The number of nitrogen functional groups attached to an aromatic ring is 1. The van der Waals surface area contributed by atoms with Gasteiger partial charge in [0.15, 0.2) is 0 Å². The van der Waals surface area contributed by atoms with Gasteiger partial charge in [0.2, 0.25) is 5.88 Å². The van der Waals surface area contributed by atoms with Gasteiger partial charge in [-0.1, -0.05) is 6.07 Å². The number of nitrogens with zero attached hydrogens (tertiary/aromatic N) is 1. The number of carbonyl (C=O) groups excluding carboxylic acids is 1. The zero-order valence-corrected chi connectivity index (χ0v) is 7.80. The fraction of sp³-hybridized carbons (Fsp3) is 0.143. The van der Waals surface area contributed by atoms with Crippen LogP contribution in [-0.4, -0.2) is 11.0 Å². The van der Waals surface area contributed by atoms with Crippen molar-refractivity contribution < 1.29 is 9.53 Å². The highest BCUT2D eigenvalue weighted by atomic mass is 35.5. The Hall–Kier alpha value is -1.33. The number of hydrazine groups is 1. The Labute approximate surface area is 81.7 Å². The Kier molecular flexibility index (Phi) is 4.79. The fourth-order valence-electron chi connectivity index (χ4n) is 0.699. The molecular weight excluding hydrogens is 194 g/mol. The second kappa shape index (κ2) is 5.34. The van der Waals surface area contributed by atoms with Gasteiger partial charge in [-0.15, -0.1) is 12.4 Å². The summed E-state index contributed by atoms with van der Waals surface area (Å²) in [4.78, 5) is 14.4. The summed E-state index contributed by atoms with van der Waals surface area (Å²) in [6.45, 7) is 1.31. The molecule has 1 rings (SSSR count). The summed E-state index contributed by atoms with van der Waals surface area (Å²) in [7, 11) is 0. The SMILES string of the molecule is CC(=O)Oc1cccc(NN)n1.Cl. The third kappa shape index (κ3) is 3.73. The summed E-state index contributed by atoms with van der Waals surface area (Å²) in [6.07, 6.45) is 0. The first-order valence-corrected chi connectivity index (χ1v) is 3.34. The molecule has 0 amide bonds. The van der Waals surface area contributed by atoms with Crippen molar-refractivity contribution in [2.24, 2.45) is 5.84 Å². The molecule has 5 nitrogen and oxygen atoms in total. The van der Waals surface area contributed by atoms with E-state index >= 15 is 0 Å².